The van der Waals surface area contributed by atoms with E-state index in [0.29, 0.717) is 11.1 Å². The number of hydrogen-bond donors (Lipinski definition) is 0. The van der Waals surface area contributed by atoms with E-state index < -0.39 is 28.2 Å². The van der Waals surface area contributed by atoms with Gasteiger partial charge in [-0.25, -0.2) is 4.39 Å². The molecule has 0 aliphatic carbocycles. The Kier molecular flexibility index (Phi) is 7.17. The van der Waals surface area contributed by atoms with Crippen molar-refractivity contribution < 1.29 is 27.2 Å². The molecule has 32 heavy (non-hydrogen) atoms. The number of hydrogen-bond acceptors (Lipinski definition) is 3. The molecular formula is C23H24F4N2O2S. The van der Waals surface area contributed by atoms with Crippen LogP contribution in [0.5, 0.6) is 0 Å². The van der Waals surface area contributed by atoms with E-state index in [2.05, 4.69) is 0 Å². The van der Waals surface area contributed by atoms with Gasteiger partial charge in [0.2, 0.25) is 5.91 Å². The minimum Gasteiger partial charge on any atom is -0.334 e. The molecule has 4 nitrogen and oxygen atoms in total. The number of nitrogens with zero attached hydrogens (tertiary/aromatic N) is 2. The molecular weight excluding hydrogens is 444 g/mol. The van der Waals surface area contributed by atoms with E-state index >= 15 is 0 Å². The summed E-state index contributed by atoms with van der Waals surface area (Å²) in [5.41, 5.74) is -0.0497. The highest BCUT2D eigenvalue weighted by molar-refractivity contribution is 8.01. The molecule has 1 fully saturated rings. The maximum atomic E-state index is 13.2. The summed E-state index contributed by atoms with van der Waals surface area (Å²) in [7, 11) is 0. The van der Waals surface area contributed by atoms with Crippen LogP contribution >= 0.6 is 11.8 Å². The van der Waals surface area contributed by atoms with E-state index in [4.69, 9.17) is 0 Å². The minimum absolute atomic E-state index is 0.169. The quantitative estimate of drug-likeness (QED) is 0.536. The molecule has 9 heteroatoms. The van der Waals surface area contributed by atoms with Crippen molar-refractivity contribution in [2.75, 3.05) is 13.1 Å². The van der Waals surface area contributed by atoms with E-state index in [9.17, 15) is 27.2 Å². The number of amides is 2. The minimum atomic E-state index is -4.48. The molecule has 1 heterocycles. The van der Waals surface area contributed by atoms with Gasteiger partial charge in [-0.15, -0.1) is 11.8 Å². The fourth-order valence-corrected chi connectivity index (χ4v) is 4.90. The number of thioether (sulfide) groups is 1. The molecule has 1 saturated heterocycles. The van der Waals surface area contributed by atoms with Gasteiger partial charge in [0, 0.05) is 24.7 Å². The molecule has 2 amide bonds. The summed E-state index contributed by atoms with van der Waals surface area (Å²) in [4.78, 5) is 28.8. The van der Waals surface area contributed by atoms with Crippen LogP contribution in [0.4, 0.5) is 17.6 Å². The largest absolute Gasteiger partial charge is 0.416 e. The number of benzene rings is 2. The van der Waals surface area contributed by atoms with E-state index in [0.717, 1.165) is 12.1 Å². The highest BCUT2D eigenvalue weighted by Gasteiger charge is 2.40. The fraction of sp³-hybridized carbons (Fsp3) is 0.391. The Bertz CT molecular complexity index is 979. The average molecular weight is 469 g/mol. The molecule has 2 atom stereocenters. The zero-order valence-electron chi connectivity index (χ0n) is 17.9. The van der Waals surface area contributed by atoms with Gasteiger partial charge in [-0.1, -0.05) is 12.1 Å². The SMILES string of the molecule is CC(C)N(CCN1C(=O)[C@@H](C)S[C@H]1c1cccc(C(F)(F)F)c1)C(=O)c1ccc(F)cc1. The third-order valence-electron chi connectivity index (χ3n) is 5.30. The second-order valence-electron chi connectivity index (χ2n) is 7.88. The maximum absolute atomic E-state index is 13.2. The standard InChI is InChI=1S/C23H24F4N2O2S/c1-14(2)28(21(31)16-7-9-19(24)10-8-16)11-12-29-20(30)15(3)32-22(29)17-5-4-6-18(13-17)23(25,26)27/h4-10,13-15,22H,11-12H2,1-3H3/t15-,22+/m1/s1. The Morgan fingerprint density at radius 3 is 2.41 bits per heavy atom. The molecule has 0 aromatic heterocycles. The van der Waals surface area contributed by atoms with Crippen molar-refractivity contribution in [3.8, 4) is 0 Å². The smallest absolute Gasteiger partial charge is 0.334 e. The summed E-state index contributed by atoms with van der Waals surface area (Å²) < 4.78 is 52.7. The predicted octanol–water partition coefficient (Wildman–Crippen LogP) is 5.36. The van der Waals surface area contributed by atoms with Crippen LogP contribution in [0.3, 0.4) is 0 Å². The van der Waals surface area contributed by atoms with Crippen molar-refractivity contribution in [2.24, 2.45) is 0 Å². The molecule has 0 N–H and O–H groups in total. The second-order valence-corrected chi connectivity index (χ2v) is 9.31. The van der Waals surface area contributed by atoms with Gasteiger partial charge >= 0.3 is 6.18 Å². The average Bonchev–Trinajstić information content (AvgIpc) is 3.02. The summed E-state index contributed by atoms with van der Waals surface area (Å²) in [6.07, 6.45) is -4.48. The maximum Gasteiger partial charge on any atom is 0.416 e. The molecule has 3 rings (SSSR count). The zero-order valence-corrected chi connectivity index (χ0v) is 18.7. The molecule has 0 spiro atoms. The molecule has 2 aromatic rings. The van der Waals surface area contributed by atoms with Crippen LogP contribution in [0.15, 0.2) is 48.5 Å². The van der Waals surface area contributed by atoms with E-state index in [-0.39, 0.29) is 30.9 Å². The Morgan fingerprint density at radius 1 is 1.16 bits per heavy atom. The first-order valence-electron chi connectivity index (χ1n) is 10.2. The van der Waals surface area contributed by atoms with E-state index in [1.807, 2.05) is 13.8 Å². The van der Waals surface area contributed by atoms with Crippen LogP contribution in [-0.2, 0) is 11.0 Å². The van der Waals surface area contributed by atoms with Gasteiger partial charge < -0.3 is 9.80 Å². The number of carbonyl (C=O) groups excluding carboxylic acids is 2. The Labute approximate surface area is 188 Å². The van der Waals surface area contributed by atoms with Crippen molar-refractivity contribution in [1.82, 2.24) is 9.80 Å². The predicted molar refractivity (Wildman–Crippen MR) is 116 cm³/mol. The third-order valence-corrected chi connectivity index (χ3v) is 6.70. The van der Waals surface area contributed by atoms with Crippen LogP contribution in [0.1, 0.15) is 47.6 Å². The summed E-state index contributed by atoms with van der Waals surface area (Å²) in [6, 6.07) is 10.0. The highest BCUT2D eigenvalue weighted by atomic mass is 32.2. The molecule has 1 aliphatic heterocycles. The molecule has 0 bridgehead atoms. The first kappa shape index (κ1) is 24.1. The summed E-state index contributed by atoms with van der Waals surface area (Å²) in [5, 5.41) is -0.982. The van der Waals surface area contributed by atoms with Crippen molar-refractivity contribution in [3.05, 3.63) is 71.0 Å². The van der Waals surface area contributed by atoms with Crippen molar-refractivity contribution in [2.45, 2.75) is 43.6 Å². The number of alkyl halides is 3. The van der Waals surface area contributed by atoms with Crippen molar-refractivity contribution in [1.29, 1.82) is 0 Å². The number of rotatable bonds is 6. The van der Waals surface area contributed by atoms with E-state index in [1.165, 1.54) is 47.0 Å². The lowest BCUT2D eigenvalue weighted by Gasteiger charge is -2.31. The fourth-order valence-electron chi connectivity index (χ4n) is 3.60. The van der Waals surface area contributed by atoms with Crippen LogP contribution in [0.2, 0.25) is 0 Å². The zero-order chi connectivity index (χ0) is 23.6. The Morgan fingerprint density at radius 2 is 1.81 bits per heavy atom. The lowest BCUT2D eigenvalue weighted by molar-refractivity contribution is -0.137. The Hall–Kier alpha value is -2.55. The van der Waals surface area contributed by atoms with Gasteiger partial charge in [0.15, 0.2) is 0 Å². The Balaban J connectivity index is 1.81. The van der Waals surface area contributed by atoms with Gasteiger partial charge in [0.25, 0.3) is 5.91 Å². The van der Waals surface area contributed by atoms with Crippen LogP contribution in [0, 0.1) is 5.82 Å². The van der Waals surface area contributed by atoms with Gasteiger partial charge in [0.05, 0.1) is 10.8 Å². The molecule has 172 valence electrons. The van der Waals surface area contributed by atoms with Gasteiger partial charge in [-0.2, -0.15) is 13.2 Å². The first-order valence-corrected chi connectivity index (χ1v) is 11.1. The number of halogens is 4. The number of carbonyl (C=O) groups is 2. The molecule has 2 aromatic carbocycles. The first-order chi connectivity index (χ1) is 15.0. The molecule has 0 saturated carbocycles. The van der Waals surface area contributed by atoms with Crippen LogP contribution in [0.25, 0.3) is 0 Å². The topological polar surface area (TPSA) is 40.6 Å². The molecule has 0 radical (unpaired) electrons. The van der Waals surface area contributed by atoms with Gasteiger partial charge in [-0.05, 0) is 62.7 Å². The summed E-state index contributed by atoms with van der Waals surface area (Å²) in [6.45, 7) is 5.74. The molecule has 1 aliphatic rings. The highest BCUT2D eigenvalue weighted by Crippen LogP contribution is 2.44. The monoisotopic (exact) mass is 468 g/mol. The summed E-state index contributed by atoms with van der Waals surface area (Å²) in [5.74, 6) is -0.937. The van der Waals surface area contributed by atoms with Crippen LogP contribution in [-0.4, -0.2) is 46.0 Å². The van der Waals surface area contributed by atoms with Crippen molar-refractivity contribution in [3.63, 3.8) is 0 Å². The normalized spacial score (nSPS) is 19.0. The summed E-state index contributed by atoms with van der Waals surface area (Å²) >= 11 is 1.28. The lowest BCUT2D eigenvalue weighted by Crippen LogP contribution is -2.43. The lowest BCUT2D eigenvalue weighted by atomic mass is 10.1. The molecule has 0 unspecified atom stereocenters. The third kappa shape index (κ3) is 5.26. The second kappa shape index (κ2) is 9.52. The van der Waals surface area contributed by atoms with Crippen molar-refractivity contribution >= 4 is 23.6 Å². The van der Waals surface area contributed by atoms with Gasteiger partial charge in [0.1, 0.15) is 11.2 Å². The van der Waals surface area contributed by atoms with Gasteiger partial charge in [-0.3, -0.25) is 9.59 Å². The van der Waals surface area contributed by atoms with Crippen LogP contribution < -0.4 is 0 Å². The van der Waals surface area contributed by atoms with E-state index in [1.54, 1.807) is 17.9 Å².